The molecule has 10 heteroatoms. The molecule has 0 unspecified atom stereocenters. The number of aromatic nitrogens is 1. The van der Waals surface area contributed by atoms with E-state index in [4.69, 9.17) is 9.79 Å². The summed E-state index contributed by atoms with van der Waals surface area (Å²) in [5.41, 5.74) is 1.27. The average molecular weight is 409 g/mol. The number of rotatable bonds is 6. The Kier molecular flexibility index (Phi) is 9.20. The smallest absolute Gasteiger partial charge is 0.469 e. The standard InChI is InChI=1S/C10H10O2.C8H10NO6P/c1-12-10(11)8-7-9-5-3-2-4-6-9;1-5-8(11)7(3-10)6(2-9-5)4-15-16(12,13)14/h2-8H,1H3;2-3,11H,4H2,1H3,(H2,12,13,14). The molecule has 1 aromatic carbocycles. The van der Waals surface area contributed by atoms with E-state index in [1.165, 1.54) is 26.3 Å². The van der Waals surface area contributed by atoms with E-state index in [0.717, 1.165) is 5.56 Å². The van der Waals surface area contributed by atoms with Gasteiger partial charge in [-0.25, -0.2) is 9.36 Å². The lowest BCUT2D eigenvalue weighted by Gasteiger charge is -2.09. The molecule has 2 rings (SSSR count). The Hall–Kier alpha value is -2.84. The number of esters is 1. The molecule has 1 heterocycles. The largest absolute Gasteiger partial charge is 0.505 e. The molecule has 28 heavy (non-hydrogen) atoms. The van der Waals surface area contributed by atoms with Crippen molar-refractivity contribution in [3.8, 4) is 5.75 Å². The molecule has 9 nitrogen and oxygen atoms in total. The highest BCUT2D eigenvalue weighted by molar-refractivity contribution is 7.46. The Bertz CT molecular complexity index is 877. The number of aldehydes is 1. The third-order valence-electron chi connectivity index (χ3n) is 3.28. The first-order valence-electron chi connectivity index (χ1n) is 7.81. The first-order chi connectivity index (χ1) is 13.2. The van der Waals surface area contributed by atoms with Gasteiger partial charge in [-0.1, -0.05) is 30.3 Å². The number of phosphoric acid groups is 1. The fourth-order valence-corrected chi connectivity index (χ4v) is 2.16. The maximum atomic E-state index is 10.7. The molecule has 150 valence electrons. The van der Waals surface area contributed by atoms with Crippen LogP contribution in [0.1, 0.15) is 27.2 Å². The monoisotopic (exact) mass is 409 g/mol. The minimum Gasteiger partial charge on any atom is -0.505 e. The van der Waals surface area contributed by atoms with Crippen LogP contribution in [0, 0.1) is 6.92 Å². The molecule has 0 radical (unpaired) electrons. The quantitative estimate of drug-likeness (QED) is 0.283. The molecule has 0 atom stereocenters. The Labute approximate surface area is 161 Å². The van der Waals surface area contributed by atoms with Crippen LogP contribution in [0.25, 0.3) is 6.08 Å². The number of carbonyl (C=O) groups is 2. The second-order valence-electron chi connectivity index (χ2n) is 5.28. The summed E-state index contributed by atoms with van der Waals surface area (Å²) in [6.07, 6.45) is 4.71. The molecule has 0 saturated heterocycles. The number of hydrogen-bond acceptors (Lipinski definition) is 7. The van der Waals surface area contributed by atoms with Gasteiger partial charge in [0.2, 0.25) is 0 Å². The van der Waals surface area contributed by atoms with Gasteiger partial charge in [-0.3, -0.25) is 14.3 Å². The van der Waals surface area contributed by atoms with Crippen LogP contribution < -0.4 is 0 Å². The van der Waals surface area contributed by atoms with E-state index in [-0.39, 0.29) is 28.5 Å². The summed E-state index contributed by atoms with van der Waals surface area (Å²) in [6.45, 7) is 0.995. The minimum absolute atomic E-state index is 0.0825. The summed E-state index contributed by atoms with van der Waals surface area (Å²) in [6, 6.07) is 9.59. The van der Waals surface area contributed by atoms with Gasteiger partial charge >= 0.3 is 13.8 Å². The van der Waals surface area contributed by atoms with Crippen LogP contribution in [0.15, 0.2) is 42.6 Å². The van der Waals surface area contributed by atoms with Gasteiger partial charge in [0.05, 0.1) is 25.0 Å². The number of ether oxygens (including phenoxy) is 1. The summed E-state index contributed by atoms with van der Waals surface area (Å²) in [5.74, 6) is -0.652. The molecule has 0 aliphatic heterocycles. The molecular formula is C18H20NO8P. The van der Waals surface area contributed by atoms with Crippen molar-refractivity contribution in [3.05, 3.63) is 65.0 Å². The van der Waals surface area contributed by atoms with Crippen molar-refractivity contribution in [2.24, 2.45) is 0 Å². The molecule has 0 bridgehead atoms. The van der Waals surface area contributed by atoms with E-state index in [0.29, 0.717) is 6.29 Å². The molecule has 2 aromatic rings. The van der Waals surface area contributed by atoms with Crippen molar-refractivity contribution in [3.63, 3.8) is 0 Å². The molecular weight excluding hydrogens is 389 g/mol. The van der Waals surface area contributed by atoms with E-state index in [1.807, 2.05) is 30.3 Å². The summed E-state index contributed by atoms with van der Waals surface area (Å²) < 4.78 is 19.1. The van der Waals surface area contributed by atoms with Crippen molar-refractivity contribution >= 4 is 26.2 Å². The molecule has 0 amide bonds. The zero-order chi connectivity index (χ0) is 21.2. The lowest BCUT2D eigenvalue weighted by Crippen LogP contribution is -1.99. The summed E-state index contributed by atoms with van der Waals surface area (Å²) in [7, 11) is -3.26. The number of methoxy groups -OCH3 is 1. The summed E-state index contributed by atoms with van der Waals surface area (Å²) in [5, 5.41) is 9.46. The Balaban J connectivity index is 0.000000292. The molecule has 1 aromatic heterocycles. The minimum atomic E-state index is -4.61. The number of pyridine rings is 1. The zero-order valence-electron chi connectivity index (χ0n) is 15.2. The fourth-order valence-electron chi connectivity index (χ4n) is 1.85. The molecule has 0 spiro atoms. The molecule has 0 fully saturated rings. The second-order valence-corrected chi connectivity index (χ2v) is 6.52. The van der Waals surface area contributed by atoms with Crippen molar-refractivity contribution in [2.75, 3.05) is 7.11 Å². The van der Waals surface area contributed by atoms with Gasteiger partial charge in [0.25, 0.3) is 0 Å². The van der Waals surface area contributed by atoms with Gasteiger partial charge in [0, 0.05) is 17.8 Å². The van der Waals surface area contributed by atoms with Gasteiger partial charge in [-0.05, 0) is 18.6 Å². The van der Waals surface area contributed by atoms with Crippen molar-refractivity contribution in [1.82, 2.24) is 4.98 Å². The van der Waals surface area contributed by atoms with Crippen LogP contribution >= 0.6 is 7.82 Å². The Morgan fingerprint density at radius 3 is 2.43 bits per heavy atom. The second kappa shape index (κ2) is 11.1. The van der Waals surface area contributed by atoms with E-state index in [1.54, 1.807) is 6.08 Å². The summed E-state index contributed by atoms with van der Waals surface area (Å²) >= 11 is 0. The van der Waals surface area contributed by atoms with Crippen LogP contribution in [0.3, 0.4) is 0 Å². The highest BCUT2D eigenvalue weighted by atomic mass is 31.2. The number of aromatic hydroxyl groups is 1. The van der Waals surface area contributed by atoms with Crippen LogP contribution in [0.4, 0.5) is 0 Å². The molecule has 0 saturated carbocycles. The van der Waals surface area contributed by atoms with E-state index < -0.39 is 14.4 Å². The number of nitrogens with zero attached hydrogens (tertiary/aromatic N) is 1. The highest BCUT2D eigenvalue weighted by Gasteiger charge is 2.17. The number of phosphoric ester groups is 1. The highest BCUT2D eigenvalue weighted by Crippen LogP contribution is 2.37. The van der Waals surface area contributed by atoms with Crippen molar-refractivity contribution in [2.45, 2.75) is 13.5 Å². The normalized spacial score (nSPS) is 10.9. The topological polar surface area (TPSA) is 143 Å². The SMILES string of the molecule is COC(=O)C=Cc1ccccc1.Cc1ncc(COP(=O)(O)O)c(C=O)c1O. The number of hydrogen-bond donors (Lipinski definition) is 3. The maximum Gasteiger partial charge on any atom is 0.469 e. The fraction of sp³-hybridized carbons (Fsp3) is 0.167. The zero-order valence-corrected chi connectivity index (χ0v) is 16.1. The first kappa shape index (κ1) is 23.2. The van der Waals surface area contributed by atoms with Crippen molar-refractivity contribution < 1.29 is 38.3 Å². The van der Waals surface area contributed by atoms with E-state index >= 15 is 0 Å². The van der Waals surface area contributed by atoms with Gasteiger partial charge < -0.3 is 19.6 Å². The predicted molar refractivity (Wildman–Crippen MR) is 100 cm³/mol. The van der Waals surface area contributed by atoms with Crippen molar-refractivity contribution in [1.29, 1.82) is 0 Å². The van der Waals surface area contributed by atoms with Crippen LogP contribution in [-0.4, -0.2) is 39.2 Å². The van der Waals surface area contributed by atoms with Crippen LogP contribution in [-0.2, 0) is 25.2 Å². The Morgan fingerprint density at radius 1 is 1.25 bits per heavy atom. The average Bonchev–Trinajstić information content (AvgIpc) is 2.67. The maximum absolute atomic E-state index is 10.7. The number of benzene rings is 1. The van der Waals surface area contributed by atoms with Gasteiger partial charge in [-0.2, -0.15) is 0 Å². The summed E-state index contributed by atoms with van der Waals surface area (Å²) in [4.78, 5) is 42.1. The third-order valence-corrected chi connectivity index (χ3v) is 3.74. The number of carbonyl (C=O) groups excluding carboxylic acids is 2. The Morgan fingerprint density at radius 2 is 1.89 bits per heavy atom. The van der Waals surface area contributed by atoms with E-state index in [2.05, 4.69) is 14.2 Å². The number of aryl methyl sites for hydroxylation is 1. The van der Waals surface area contributed by atoms with Crippen LogP contribution in [0.5, 0.6) is 5.75 Å². The lowest BCUT2D eigenvalue weighted by atomic mass is 10.1. The predicted octanol–water partition coefficient (Wildman–Crippen LogP) is 2.39. The molecule has 0 aliphatic rings. The van der Waals surface area contributed by atoms with Gasteiger partial charge in [0.15, 0.2) is 6.29 Å². The lowest BCUT2D eigenvalue weighted by molar-refractivity contribution is -0.134. The first-order valence-corrected chi connectivity index (χ1v) is 9.34. The third kappa shape index (κ3) is 8.24. The molecule has 0 aliphatic carbocycles. The van der Waals surface area contributed by atoms with Crippen LogP contribution in [0.2, 0.25) is 0 Å². The van der Waals surface area contributed by atoms with E-state index in [9.17, 15) is 19.3 Å². The van der Waals surface area contributed by atoms with Gasteiger partial charge in [0.1, 0.15) is 5.75 Å². The van der Waals surface area contributed by atoms with Gasteiger partial charge in [-0.15, -0.1) is 0 Å². The molecule has 3 N–H and O–H groups in total.